The second kappa shape index (κ2) is 13.6. The van der Waals surface area contributed by atoms with Crippen molar-refractivity contribution in [2.75, 3.05) is 12.0 Å². The van der Waals surface area contributed by atoms with Crippen molar-refractivity contribution in [2.24, 2.45) is 0 Å². The van der Waals surface area contributed by atoms with Gasteiger partial charge in [-0.3, -0.25) is 14.5 Å². The Morgan fingerprint density at radius 3 is 2.37 bits per heavy atom. The molecule has 0 bridgehead atoms. The predicted octanol–water partition coefficient (Wildman–Crippen LogP) is 7.66. The first-order valence-corrected chi connectivity index (χ1v) is 16.4. The van der Waals surface area contributed by atoms with Gasteiger partial charge >= 0.3 is 5.91 Å². The monoisotopic (exact) mass is 649 g/mol. The zero-order valence-corrected chi connectivity index (χ0v) is 27.1. The van der Waals surface area contributed by atoms with Crippen LogP contribution in [0.2, 0.25) is 0 Å². The molecule has 1 unspecified atom stereocenters. The zero-order valence-electron chi connectivity index (χ0n) is 25.5. The number of nitrogens with zero attached hydrogens (tertiary/aromatic N) is 3. The number of methoxy groups -OCH3 is 1. The van der Waals surface area contributed by atoms with Crippen LogP contribution in [0.15, 0.2) is 107 Å². The first-order chi connectivity index (χ1) is 22.3. The van der Waals surface area contributed by atoms with Crippen molar-refractivity contribution in [1.82, 2.24) is 10.2 Å². The molecule has 0 aliphatic carbocycles. The first kappa shape index (κ1) is 31.1. The van der Waals surface area contributed by atoms with E-state index < -0.39 is 17.7 Å². The quantitative estimate of drug-likeness (QED) is 0.0541. The van der Waals surface area contributed by atoms with Gasteiger partial charge in [0.25, 0.3) is 5.78 Å². The van der Waals surface area contributed by atoms with E-state index in [1.807, 2.05) is 32.0 Å². The summed E-state index contributed by atoms with van der Waals surface area (Å²) in [5, 5.41) is 20.4. The first-order valence-electron chi connectivity index (χ1n) is 14.6. The normalized spacial score (nSPS) is 15.7. The van der Waals surface area contributed by atoms with Crippen LogP contribution in [0.5, 0.6) is 11.5 Å². The Hall–Kier alpha value is -4.93. The minimum atomic E-state index is -0.949. The number of ketones is 1. The third kappa shape index (κ3) is 6.68. The summed E-state index contributed by atoms with van der Waals surface area (Å²) in [6.45, 7) is 4.46. The number of aliphatic hydroxyl groups is 1. The lowest BCUT2D eigenvalue weighted by Gasteiger charge is -2.23. The molecule has 46 heavy (non-hydrogen) atoms. The Bertz CT molecular complexity index is 1920. The van der Waals surface area contributed by atoms with E-state index in [1.165, 1.54) is 33.6 Å². The van der Waals surface area contributed by atoms with Gasteiger partial charge in [0.15, 0.2) is 4.34 Å². The summed E-state index contributed by atoms with van der Waals surface area (Å²) in [6, 6.07) is 29.2. The molecule has 1 aromatic heterocycles. The number of benzene rings is 4. The number of Topliss-reactive ketones (excluding diaryl/α,β-unsaturated/α-hetero) is 1. The number of hydrogen-bond acceptors (Lipinski definition) is 9. The van der Waals surface area contributed by atoms with Gasteiger partial charge in [-0.2, -0.15) is 0 Å². The molecule has 0 saturated carbocycles. The fourth-order valence-electron chi connectivity index (χ4n) is 5.18. The Morgan fingerprint density at radius 2 is 1.63 bits per heavy atom. The highest BCUT2D eigenvalue weighted by molar-refractivity contribution is 8.00. The van der Waals surface area contributed by atoms with Gasteiger partial charge in [0.2, 0.25) is 5.13 Å². The molecule has 10 heteroatoms. The van der Waals surface area contributed by atoms with Gasteiger partial charge in [-0.15, -0.1) is 10.2 Å². The highest BCUT2D eigenvalue weighted by Gasteiger charge is 2.48. The molecule has 4 aromatic carbocycles. The van der Waals surface area contributed by atoms with Gasteiger partial charge in [0.05, 0.1) is 18.7 Å². The van der Waals surface area contributed by atoms with E-state index in [0.29, 0.717) is 39.3 Å². The predicted molar refractivity (Wildman–Crippen MR) is 180 cm³/mol. The Balaban J connectivity index is 1.31. The summed E-state index contributed by atoms with van der Waals surface area (Å²) in [4.78, 5) is 28.6. The highest BCUT2D eigenvalue weighted by Crippen LogP contribution is 2.44. The van der Waals surface area contributed by atoms with Crippen LogP contribution in [0, 0.1) is 13.8 Å². The van der Waals surface area contributed by atoms with Crippen LogP contribution >= 0.6 is 23.1 Å². The maximum Gasteiger partial charge on any atom is 0.301 e. The Kier molecular flexibility index (Phi) is 9.18. The van der Waals surface area contributed by atoms with Crippen molar-refractivity contribution in [3.63, 3.8) is 0 Å². The van der Waals surface area contributed by atoms with Crippen LogP contribution in [0.3, 0.4) is 0 Å². The largest absolute Gasteiger partial charge is 0.507 e. The molecule has 1 N–H and O–H groups in total. The van der Waals surface area contributed by atoms with Gasteiger partial charge in [-0.05, 0) is 66.9 Å². The van der Waals surface area contributed by atoms with E-state index in [0.717, 1.165) is 16.7 Å². The second-order valence-corrected chi connectivity index (χ2v) is 13.1. The van der Waals surface area contributed by atoms with Crippen LogP contribution in [-0.2, 0) is 21.9 Å². The topological polar surface area (TPSA) is 102 Å². The van der Waals surface area contributed by atoms with Crippen molar-refractivity contribution >= 4 is 45.7 Å². The van der Waals surface area contributed by atoms with Crippen molar-refractivity contribution in [3.05, 3.63) is 136 Å². The number of rotatable bonds is 10. The number of hydrogen-bond donors (Lipinski definition) is 1. The number of aryl methyl sites for hydroxylation is 2. The van der Waals surface area contributed by atoms with Crippen molar-refractivity contribution < 1.29 is 24.2 Å². The van der Waals surface area contributed by atoms with Gasteiger partial charge in [-0.1, -0.05) is 94.9 Å². The van der Waals surface area contributed by atoms with Gasteiger partial charge in [0, 0.05) is 11.3 Å². The highest BCUT2D eigenvalue weighted by atomic mass is 32.2. The summed E-state index contributed by atoms with van der Waals surface area (Å²) in [5.41, 5.74) is 5.42. The van der Waals surface area contributed by atoms with E-state index in [9.17, 15) is 14.7 Å². The lowest BCUT2D eigenvalue weighted by atomic mass is 9.95. The fourth-order valence-corrected chi connectivity index (χ4v) is 7.00. The standard InChI is InChI=1S/C36H31N3O5S2/c1-22-10-12-24(13-11-22)21-45-36-38-37-35(46-36)39-31(27-8-5-9-29(19-27)43-3)30(33(41)34(39)42)32(40)26-14-16-28(17-15-26)44-20-25-7-4-6-23(2)18-25/h4-19,31,40H,20-21H2,1-3H3/b32-30+. The number of carbonyl (C=O) groups excluding carboxylic acids is 2. The van der Waals surface area contributed by atoms with E-state index in [4.69, 9.17) is 9.47 Å². The molecular formula is C36H31N3O5S2. The molecule has 6 rings (SSSR count). The van der Waals surface area contributed by atoms with E-state index in [-0.39, 0.29) is 16.5 Å². The van der Waals surface area contributed by atoms with Crippen LogP contribution < -0.4 is 14.4 Å². The summed E-state index contributed by atoms with van der Waals surface area (Å²) in [5.74, 6) is -0.0694. The summed E-state index contributed by atoms with van der Waals surface area (Å²) < 4.78 is 12.0. The maximum atomic E-state index is 13.6. The third-order valence-corrected chi connectivity index (χ3v) is 9.68. The molecule has 1 fully saturated rings. The van der Waals surface area contributed by atoms with Gasteiger partial charge < -0.3 is 14.6 Å². The second-order valence-electron chi connectivity index (χ2n) is 10.9. The average molecular weight is 650 g/mol. The molecule has 232 valence electrons. The molecule has 1 saturated heterocycles. The molecule has 1 aliphatic heterocycles. The van der Waals surface area contributed by atoms with Crippen molar-refractivity contribution in [1.29, 1.82) is 0 Å². The van der Waals surface area contributed by atoms with Crippen LogP contribution in [0.1, 0.15) is 39.4 Å². The Labute approximate surface area is 275 Å². The lowest BCUT2D eigenvalue weighted by molar-refractivity contribution is -0.132. The average Bonchev–Trinajstić information content (AvgIpc) is 3.65. The molecule has 2 heterocycles. The number of anilines is 1. The minimum Gasteiger partial charge on any atom is -0.507 e. The van der Waals surface area contributed by atoms with Crippen LogP contribution in [0.4, 0.5) is 5.13 Å². The molecule has 0 radical (unpaired) electrons. The SMILES string of the molecule is COc1cccc(C2/C(=C(\O)c3ccc(OCc4cccc(C)c4)cc3)C(=O)C(=O)N2c2nnc(SCc3ccc(C)cc3)s2)c1. The number of thioether (sulfide) groups is 1. The van der Waals surface area contributed by atoms with Crippen LogP contribution in [-0.4, -0.2) is 34.1 Å². The number of aromatic nitrogens is 2. The molecular weight excluding hydrogens is 619 g/mol. The molecule has 1 atom stereocenters. The molecule has 8 nitrogen and oxygen atoms in total. The Morgan fingerprint density at radius 1 is 0.870 bits per heavy atom. The fraction of sp³-hybridized carbons (Fsp3) is 0.167. The number of carbonyl (C=O) groups is 2. The number of amides is 1. The lowest BCUT2D eigenvalue weighted by Crippen LogP contribution is -2.29. The van der Waals surface area contributed by atoms with Gasteiger partial charge in [0.1, 0.15) is 23.9 Å². The maximum absolute atomic E-state index is 13.6. The zero-order chi connectivity index (χ0) is 32.2. The molecule has 5 aromatic rings. The number of aliphatic hydroxyl groups excluding tert-OH is 1. The van der Waals surface area contributed by atoms with E-state index in [1.54, 1.807) is 55.6 Å². The van der Waals surface area contributed by atoms with E-state index in [2.05, 4.69) is 40.5 Å². The van der Waals surface area contributed by atoms with E-state index >= 15 is 0 Å². The number of ether oxygens (including phenoxy) is 2. The van der Waals surface area contributed by atoms with Crippen LogP contribution in [0.25, 0.3) is 5.76 Å². The summed E-state index contributed by atoms with van der Waals surface area (Å²) >= 11 is 2.73. The van der Waals surface area contributed by atoms with Crippen molar-refractivity contribution in [3.8, 4) is 11.5 Å². The smallest absolute Gasteiger partial charge is 0.301 e. The molecule has 1 amide bonds. The summed E-state index contributed by atoms with van der Waals surface area (Å²) in [6.07, 6.45) is 0. The minimum absolute atomic E-state index is 0.0456. The van der Waals surface area contributed by atoms with Crippen molar-refractivity contribution in [2.45, 2.75) is 36.6 Å². The van der Waals surface area contributed by atoms with Gasteiger partial charge in [-0.25, -0.2) is 0 Å². The molecule has 0 spiro atoms. The molecule has 1 aliphatic rings. The summed E-state index contributed by atoms with van der Waals surface area (Å²) in [7, 11) is 1.54. The third-order valence-electron chi connectivity index (χ3n) is 7.55.